The first kappa shape index (κ1) is 54.7. The lowest BCUT2D eigenvalue weighted by Gasteiger charge is -2.44. The van der Waals surface area contributed by atoms with Gasteiger partial charge in [0.2, 0.25) is 5.79 Å². The molecule has 4 rings (SSSR count). The standard InChI is InChI=1S/C51H81NO13/c1-30-16-12-11-13-17-31(2)42(61-8)28-38-21-19-36(7)51(60,65-38)48(57)49(58)52-23-15-14-18-39(52)50(59)64-43(33(4)26-37-20-22-40(53)44(27-37)62-9)29-41(54)32(3)25-35(6)46(56)47(63-10)45(55)34(5)24-30/h11-13,16-17,25,30,32-34,36-40,42-44,46-47,50,53,56,59-60H,14-15,18-24,26-29H2,1-10H3/b13-11+,16-12+,31-17+,35-25+/t30-,32-,33-,34-,36-,37+,38+,39?,40-,42+,43+,44-,46-,47+,50-,51-/m1/s1. The Morgan fingerprint density at radius 2 is 1.57 bits per heavy atom. The first-order valence-electron chi connectivity index (χ1n) is 24.1. The van der Waals surface area contributed by atoms with Crippen LogP contribution in [0.3, 0.4) is 0 Å². The summed E-state index contributed by atoms with van der Waals surface area (Å²) in [5, 5.41) is 45.8. The summed E-state index contributed by atoms with van der Waals surface area (Å²) in [7, 11) is 4.55. The van der Waals surface area contributed by atoms with E-state index in [0.717, 1.165) is 12.0 Å². The minimum atomic E-state index is -2.40. The Hall–Kier alpha value is -2.92. The van der Waals surface area contributed by atoms with E-state index in [0.29, 0.717) is 69.8 Å². The van der Waals surface area contributed by atoms with E-state index >= 15 is 0 Å². The first-order chi connectivity index (χ1) is 30.7. The van der Waals surface area contributed by atoms with Crippen molar-refractivity contribution in [1.29, 1.82) is 0 Å². The van der Waals surface area contributed by atoms with E-state index in [1.165, 1.54) is 12.0 Å². The monoisotopic (exact) mass is 916 g/mol. The highest BCUT2D eigenvalue weighted by atomic mass is 16.6. The number of rotatable bonds is 6. The van der Waals surface area contributed by atoms with Crippen molar-refractivity contribution in [3.05, 3.63) is 47.6 Å². The van der Waals surface area contributed by atoms with Crippen LogP contribution < -0.4 is 0 Å². The molecule has 3 heterocycles. The molecule has 368 valence electrons. The topological polar surface area (TPSA) is 199 Å². The molecule has 0 spiro atoms. The summed E-state index contributed by atoms with van der Waals surface area (Å²) < 4.78 is 29.6. The number of hydrogen-bond donors (Lipinski definition) is 4. The first-order valence-corrected chi connectivity index (χ1v) is 24.1. The number of hydrogen-bond acceptors (Lipinski definition) is 13. The summed E-state index contributed by atoms with van der Waals surface area (Å²) in [6.07, 6.45) is 10.3. The predicted molar refractivity (Wildman–Crippen MR) is 246 cm³/mol. The molecule has 2 bridgehead atoms. The molecule has 3 aliphatic heterocycles. The smallest absolute Gasteiger partial charge is 0.296 e. The molecule has 2 saturated heterocycles. The second-order valence-electron chi connectivity index (χ2n) is 19.7. The molecule has 4 N–H and O–H groups in total. The van der Waals surface area contributed by atoms with Gasteiger partial charge in [-0.25, -0.2) is 0 Å². The molecular formula is C51H81NO13. The van der Waals surface area contributed by atoms with Crippen LogP contribution >= 0.6 is 0 Å². The summed E-state index contributed by atoms with van der Waals surface area (Å²) >= 11 is 0. The van der Waals surface area contributed by atoms with Crippen molar-refractivity contribution in [3.63, 3.8) is 0 Å². The van der Waals surface area contributed by atoms with Crippen LogP contribution in [0.2, 0.25) is 0 Å². The number of aliphatic hydroxyl groups is 4. The molecule has 65 heavy (non-hydrogen) atoms. The lowest BCUT2D eigenvalue weighted by Crippen LogP contribution is -2.61. The molecule has 0 aromatic heterocycles. The Bertz CT molecular complexity index is 1710. The van der Waals surface area contributed by atoms with Crippen molar-refractivity contribution in [1.82, 2.24) is 4.90 Å². The highest BCUT2D eigenvalue weighted by molar-refractivity contribution is 6.38. The van der Waals surface area contributed by atoms with Crippen LogP contribution in [0.1, 0.15) is 126 Å². The van der Waals surface area contributed by atoms with Gasteiger partial charge in [-0.15, -0.1) is 0 Å². The number of nitrogens with zero attached hydrogens (tertiary/aromatic N) is 1. The van der Waals surface area contributed by atoms with Crippen LogP contribution in [0.15, 0.2) is 47.6 Å². The molecule has 3 fully saturated rings. The highest BCUT2D eigenvalue weighted by Crippen LogP contribution is 2.38. The van der Waals surface area contributed by atoms with Crippen molar-refractivity contribution in [2.75, 3.05) is 27.9 Å². The Labute approximate surface area is 387 Å². The van der Waals surface area contributed by atoms with Gasteiger partial charge in [-0.05, 0) is 107 Å². The number of carbonyl (C=O) groups excluding carboxylic acids is 4. The van der Waals surface area contributed by atoms with Gasteiger partial charge in [-0.2, -0.15) is 0 Å². The minimum absolute atomic E-state index is 0.0255. The fraction of sp³-hybridized carbons (Fsp3) is 0.765. The summed E-state index contributed by atoms with van der Waals surface area (Å²) in [6.45, 7) is 12.9. The predicted octanol–water partition coefficient (Wildman–Crippen LogP) is 5.97. The Morgan fingerprint density at radius 1 is 0.846 bits per heavy atom. The molecule has 1 amide bonds. The van der Waals surface area contributed by atoms with Crippen LogP contribution in [0.5, 0.6) is 0 Å². The molecule has 1 aliphatic carbocycles. The van der Waals surface area contributed by atoms with Crippen LogP contribution in [0.4, 0.5) is 0 Å². The lowest BCUT2D eigenvalue weighted by molar-refractivity contribution is -0.266. The zero-order valence-electron chi connectivity index (χ0n) is 40.7. The van der Waals surface area contributed by atoms with E-state index < -0.39 is 84.2 Å². The molecule has 4 aliphatic rings. The van der Waals surface area contributed by atoms with Crippen LogP contribution in [0.25, 0.3) is 0 Å². The van der Waals surface area contributed by atoms with Gasteiger partial charge < -0.3 is 49.0 Å². The average molecular weight is 916 g/mol. The Balaban J connectivity index is 1.70. The van der Waals surface area contributed by atoms with Gasteiger partial charge >= 0.3 is 0 Å². The molecule has 0 aromatic rings. The third-order valence-electron chi connectivity index (χ3n) is 14.6. The highest BCUT2D eigenvalue weighted by Gasteiger charge is 2.53. The third kappa shape index (κ3) is 14.5. The molecular weight excluding hydrogens is 835 g/mol. The zero-order valence-corrected chi connectivity index (χ0v) is 40.7. The lowest BCUT2D eigenvalue weighted by atomic mass is 9.78. The third-order valence-corrected chi connectivity index (χ3v) is 14.6. The number of Topliss-reactive ketones (excluding diaryl/α,β-unsaturated/α-hetero) is 3. The van der Waals surface area contributed by atoms with Gasteiger partial charge in [0.1, 0.15) is 18.0 Å². The molecule has 1 unspecified atom stereocenters. The second-order valence-corrected chi connectivity index (χ2v) is 19.7. The van der Waals surface area contributed by atoms with E-state index in [1.807, 2.05) is 58.1 Å². The normalized spacial score (nSPS) is 41.7. The summed E-state index contributed by atoms with van der Waals surface area (Å²) in [6, 6.07) is -0.945. The fourth-order valence-corrected chi connectivity index (χ4v) is 10.3. The summed E-state index contributed by atoms with van der Waals surface area (Å²) in [5.74, 6) is -6.87. The number of fused-ring (bicyclic) bond motifs is 3. The van der Waals surface area contributed by atoms with Crippen LogP contribution in [0, 0.1) is 35.5 Å². The molecule has 16 atom stereocenters. The van der Waals surface area contributed by atoms with Gasteiger partial charge in [0.05, 0.1) is 36.6 Å². The van der Waals surface area contributed by atoms with Crippen molar-refractivity contribution in [2.45, 2.75) is 186 Å². The zero-order chi connectivity index (χ0) is 48.2. The number of methoxy groups -OCH3 is 3. The van der Waals surface area contributed by atoms with E-state index in [4.69, 9.17) is 23.7 Å². The number of ketones is 3. The maximum atomic E-state index is 14.3. The molecule has 14 nitrogen and oxygen atoms in total. The largest absolute Gasteiger partial charge is 0.390 e. The molecule has 14 heteroatoms. The SMILES string of the molecule is CO[C@H]1C[C@@H]2CC[C@@H](C)[C@@](O)(O2)C(=O)C(=O)N2CCCCC2[C@H](O)O[C@H]([C@H](C)C[C@@H]2CC[C@@H](O)[C@H](OC)C2)CC(=O)[C@H](C)/C=C(\C)[C@@H](O)[C@@H](OC)C(=O)[C@H](C)C[C@H](C)/C=C/C=C/C=C/1C. The van der Waals surface area contributed by atoms with E-state index in [-0.39, 0.29) is 48.4 Å². The second kappa shape index (κ2) is 25.4. The molecule has 0 aromatic carbocycles. The molecule has 0 radical (unpaired) electrons. The summed E-state index contributed by atoms with van der Waals surface area (Å²) in [5.41, 5.74) is 1.29. The Morgan fingerprint density at radius 3 is 2.25 bits per heavy atom. The number of allylic oxidation sites excluding steroid dienone is 6. The maximum Gasteiger partial charge on any atom is 0.296 e. The van der Waals surface area contributed by atoms with Crippen molar-refractivity contribution in [2.24, 2.45) is 35.5 Å². The van der Waals surface area contributed by atoms with Crippen LogP contribution in [-0.2, 0) is 42.9 Å². The minimum Gasteiger partial charge on any atom is -0.390 e. The van der Waals surface area contributed by atoms with Gasteiger partial charge in [0.15, 0.2) is 12.1 Å². The van der Waals surface area contributed by atoms with E-state index in [1.54, 1.807) is 41.1 Å². The number of piperidine rings is 1. The molecule has 1 saturated carbocycles. The Kier molecular flexibility index (Phi) is 21.4. The van der Waals surface area contributed by atoms with E-state index in [9.17, 15) is 39.6 Å². The van der Waals surface area contributed by atoms with Gasteiger partial charge in [-0.3, -0.25) is 19.2 Å². The average Bonchev–Trinajstić information content (AvgIpc) is 3.28. The van der Waals surface area contributed by atoms with Gasteiger partial charge in [0, 0.05) is 58.5 Å². The number of aliphatic hydroxyl groups excluding tert-OH is 3. The summed E-state index contributed by atoms with van der Waals surface area (Å²) in [4.78, 5) is 57.6. The number of amides is 1. The van der Waals surface area contributed by atoms with Gasteiger partial charge in [-0.1, -0.05) is 71.1 Å². The number of ether oxygens (including phenoxy) is 5. The van der Waals surface area contributed by atoms with Crippen molar-refractivity contribution < 1.29 is 63.3 Å². The van der Waals surface area contributed by atoms with Gasteiger partial charge in [0.25, 0.3) is 11.7 Å². The maximum absolute atomic E-state index is 14.3. The van der Waals surface area contributed by atoms with Crippen molar-refractivity contribution in [3.8, 4) is 0 Å². The van der Waals surface area contributed by atoms with Crippen LogP contribution in [-0.4, -0.2) is 137 Å². The van der Waals surface area contributed by atoms with Crippen molar-refractivity contribution >= 4 is 23.3 Å². The fourth-order valence-electron chi connectivity index (χ4n) is 10.3. The van der Waals surface area contributed by atoms with E-state index in [2.05, 4.69) is 0 Å². The number of carbonyl (C=O) groups is 4. The quantitative estimate of drug-likeness (QED) is 0.180.